The lowest BCUT2D eigenvalue weighted by Crippen LogP contribution is -2.40. The Morgan fingerprint density at radius 1 is 1.50 bits per heavy atom. The van der Waals surface area contributed by atoms with Crippen LogP contribution in [0.3, 0.4) is 0 Å². The average Bonchev–Trinajstić information content (AvgIpc) is 2.60. The number of halogens is 1. The molecule has 2 rings (SSSR count). The van der Waals surface area contributed by atoms with Crippen LogP contribution in [0.2, 0.25) is 5.02 Å². The Bertz CT molecular complexity index is 518. The van der Waals surface area contributed by atoms with Crippen molar-refractivity contribution in [3.05, 3.63) is 28.8 Å². The summed E-state index contributed by atoms with van der Waals surface area (Å²) < 4.78 is 0. The second-order valence-electron chi connectivity index (χ2n) is 4.32. The molecule has 1 heterocycles. The van der Waals surface area contributed by atoms with Crippen molar-refractivity contribution < 1.29 is 14.7 Å². The van der Waals surface area contributed by atoms with Gasteiger partial charge in [-0.25, -0.2) is 9.59 Å². The van der Waals surface area contributed by atoms with Gasteiger partial charge in [0.1, 0.15) is 0 Å². The van der Waals surface area contributed by atoms with Crippen LogP contribution in [0, 0.1) is 6.92 Å². The number of likely N-dealkylation sites (N-methyl/N-ethyl adjacent to an activating group) is 1. The van der Waals surface area contributed by atoms with Crippen LogP contribution in [-0.2, 0) is 4.79 Å². The number of nitrogens with zero attached hydrogens (tertiary/aromatic N) is 2. The fourth-order valence-electron chi connectivity index (χ4n) is 2.04. The van der Waals surface area contributed by atoms with Crippen LogP contribution in [0.1, 0.15) is 5.56 Å². The van der Waals surface area contributed by atoms with Crippen LogP contribution in [0.25, 0.3) is 0 Å². The number of benzene rings is 1. The van der Waals surface area contributed by atoms with Gasteiger partial charge >= 0.3 is 12.0 Å². The quantitative estimate of drug-likeness (QED) is 0.892. The van der Waals surface area contributed by atoms with Crippen LogP contribution >= 0.6 is 11.6 Å². The van der Waals surface area contributed by atoms with Gasteiger partial charge in [0.2, 0.25) is 0 Å². The molecule has 1 atom stereocenters. The molecule has 1 aliphatic heterocycles. The van der Waals surface area contributed by atoms with E-state index in [0.29, 0.717) is 10.7 Å². The molecule has 6 heteroatoms. The fourth-order valence-corrected chi connectivity index (χ4v) is 2.20. The van der Waals surface area contributed by atoms with Gasteiger partial charge in [-0.3, -0.25) is 4.90 Å². The highest BCUT2D eigenvalue weighted by Crippen LogP contribution is 2.30. The number of anilines is 1. The summed E-state index contributed by atoms with van der Waals surface area (Å²) in [6.45, 7) is 1.98. The third-order valence-corrected chi connectivity index (χ3v) is 3.24. The molecule has 1 saturated heterocycles. The maximum Gasteiger partial charge on any atom is 0.328 e. The molecule has 1 N–H and O–H groups in total. The summed E-state index contributed by atoms with van der Waals surface area (Å²) in [5.74, 6) is -1.02. The topological polar surface area (TPSA) is 60.9 Å². The molecule has 18 heavy (non-hydrogen) atoms. The normalized spacial score (nSPS) is 19.5. The molecule has 0 radical (unpaired) electrons. The van der Waals surface area contributed by atoms with E-state index in [1.807, 2.05) is 6.92 Å². The van der Waals surface area contributed by atoms with E-state index in [9.17, 15) is 14.7 Å². The molecule has 1 fully saturated rings. The Hall–Kier alpha value is -1.75. The number of urea groups is 1. The minimum atomic E-state index is -1.02. The number of aryl methyl sites for hydroxylation is 1. The molecule has 0 aromatic heterocycles. The molecule has 0 saturated carbocycles. The largest absolute Gasteiger partial charge is 0.480 e. The van der Waals surface area contributed by atoms with Crippen molar-refractivity contribution in [2.45, 2.75) is 13.0 Å². The zero-order chi connectivity index (χ0) is 13.4. The second kappa shape index (κ2) is 4.49. The maximum absolute atomic E-state index is 12.0. The van der Waals surface area contributed by atoms with Gasteiger partial charge in [0.15, 0.2) is 6.04 Å². The monoisotopic (exact) mass is 268 g/mol. The summed E-state index contributed by atoms with van der Waals surface area (Å²) in [5.41, 5.74) is 1.36. The second-order valence-corrected chi connectivity index (χ2v) is 4.75. The summed E-state index contributed by atoms with van der Waals surface area (Å²) in [7, 11) is 1.58. The molecule has 1 aromatic carbocycles. The van der Waals surface area contributed by atoms with Gasteiger partial charge in [0, 0.05) is 12.1 Å². The van der Waals surface area contributed by atoms with E-state index >= 15 is 0 Å². The summed E-state index contributed by atoms with van der Waals surface area (Å²) in [5, 5.41) is 9.66. The lowest BCUT2D eigenvalue weighted by molar-refractivity contribution is -0.138. The minimum absolute atomic E-state index is 0.167. The minimum Gasteiger partial charge on any atom is -0.480 e. The molecule has 0 bridgehead atoms. The Morgan fingerprint density at radius 3 is 2.78 bits per heavy atom. The SMILES string of the molecule is Cc1ccc(Cl)cc1N1C(=O)N(C)CC1C(=O)O. The van der Waals surface area contributed by atoms with Gasteiger partial charge in [-0.2, -0.15) is 0 Å². The third-order valence-electron chi connectivity index (χ3n) is 3.01. The number of carbonyl (C=O) groups is 2. The van der Waals surface area contributed by atoms with Crippen molar-refractivity contribution in [1.82, 2.24) is 4.90 Å². The molecular formula is C12H13ClN2O3. The molecule has 1 aliphatic rings. The molecule has 0 spiro atoms. The molecule has 5 nitrogen and oxygen atoms in total. The van der Waals surface area contributed by atoms with Gasteiger partial charge in [-0.15, -0.1) is 0 Å². The number of hydrogen-bond donors (Lipinski definition) is 1. The van der Waals surface area contributed by atoms with Crippen molar-refractivity contribution in [2.75, 3.05) is 18.5 Å². The number of rotatable bonds is 2. The van der Waals surface area contributed by atoms with Crippen LogP contribution < -0.4 is 4.90 Å². The summed E-state index contributed by atoms with van der Waals surface area (Å²) in [4.78, 5) is 25.9. The van der Waals surface area contributed by atoms with Crippen molar-refractivity contribution >= 4 is 29.3 Å². The van der Waals surface area contributed by atoms with Gasteiger partial charge in [-0.1, -0.05) is 17.7 Å². The molecule has 96 valence electrons. The van der Waals surface area contributed by atoms with Crippen LogP contribution in [0.5, 0.6) is 0 Å². The van der Waals surface area contributed by atoms with Gasteiger partial charge < -0.3 is 10.0 Å². The van der Waals surface area contributed by atoms with E-state index in [2.05, 4.69) is 0 Å². The first-order chi connectivity index (χ1) is 8.41. The van der Waals surface area contributed by atoms with Crippen molar-refractivity contribution in [1.29, 1.82) is 0 Å². The number of carbonyl (C=O) groups excluding carboxylic acids is 1. The first kappa shape index (κ1) is 12.7. The summed E-state index contributed by atoms with van der Waals surface area (Å²) >= 11 is 5.91. The standard InChI is InChI=1S/C12H13ClN2O3/c1-7-3-4-8(13)5-9(7)15-10(11(16)17)6-14(2)12(15)18/h3-5,10H,6H2,1-2H3,(H,16,17). The highest BCUT2D eigenvalue weighted by Gasteiger charge is 2.41. The van der Waals surface area contributed by atoms with Gasteiger partial charge in [0.05, 0.1) is 12.2 Å². The third kappa shape index (κ3) is 2.01. The molecule has 2 amide bonds. The molecule has 1 unspecified atom stereocenters. The van der Waals surface area contributed by atoms with E-state index in [4.69, 9.17) is 11.6 Å². The Kier molecular flexibility index (Phi) is 3.17. The van der Waals surface area contributed by atoms with Crippen molar-refractivity contribution in [3.8, 4) is 0 Å². The highest BCUT2D eigenvalue weighted by atomic mass is 35.5. The van der Waals surface area contributed by atoms with E-state index in [0.717, 1.165) is 5.56 Å². The van der Waals surface area contributed by atoms with Gasteiger partial charge in [0.25, 0.3) is 0 Å². The number of carboxylic acid groups (broad SMARTS) is 1. The Morgan fingerprint density at radius 2 is 2.17 bits per heavy atom. The average molecular weight is 269 g/mol. The number of aliphatic carboxylic acids is 1. The number of hydrogen-bond acceptors (Lipinski definition) is 2. The summed E-state index contributed by atoms with van der Waals surface area (Å²) in [6.07, 6.45) is 0. The van der Waals surface area contributed by atoms with Crippen molar-refractivity contribution in [2.24, 2.45) is 0 Å². The summed E-state index contributed by atoms with van der Waals surface area (Å²) in [6, 6.07) is 3.89. The van der Waals surface area contributed by atoms with E-state index in [-0.39, 0.29) is 12.6 Å². The molecular weight excluding hydrogens is 256 g/mol. The van der Waals surface area contributed by atoms with Crippen LogP contribution in [-0.4, -0.2) is 41.6 Å². The zero-order valence-corrected chi connectivity index (χ0v) is 10.8. The fraction of sp³-hybridized carbons (Fsp3) is 0.333. The predicted octanol–water partition coefficient (Wildman–Crippen LogP) is 1.97. The van der Waals surface area contributed by atoms with Crippen LogP contribution in [0.4, 0.5) is 10.5 Å². The first-order valence-electron chi connectivity index (χ1n) is 5.45. The smallest absolute Gasteiger partial charge is 0.328 e. The highest BCUT2D eigenvalue weighted by molar-refractivity contribution is 6.31. The van der Waals surface area contributed by atoms with E-state index in [1.54, 1.807) is 25.2 Å². The van der Waals surface area contributed by atoms with Gasteiger partial charge in [-0.05, 0) is 24.6 Å². The predicted molar refractivity (Wildman–Crippen MR) is 68.1 cm³/mol. The first-order valence-corrected chi connectivity index (χ1v) is 5.83. The number of carboxylic acids is 1. The lowest BCUT2D eigenvalue weighted by Gasteiger charge is -2.22. The maximum atomic E-state index is 12.0. The molecule has 1 aromatic rings. The molecule has 0 aliphatic carbocycles. The van der Waals surface area contributed by atoms with E-state index < -0.39 is 12.0 Å². The number of amides is 2. The Balaban J connectivity index is 2.49. The lowest BCUT2D eigenvalue weighted by atomic mass is 10.1. The van der Waals surface area contributed by atoms with Crippen LogP contribution in [0.15, 0.2) is 18.2 Å². The Labute approximate surface area is 110 Å². The van der Waals surface area contributed by atoms with Crippen molar-refractivity contribution in [3.63, 3.8) is 0 Å². The van der Waals surface area contributed by atoms with E-state index in [1.165, 1.54) is 9.80 Å². The zero-order valence-electron chi connectivity index (χ0n) is 10.1.